The maximum atomic E-state index is 13.8. The molecule has 0 unspecified atom stereocenters. The van der Waals surface area contributed by atoms with Gasteiger partial charge >= 0.3 is 0 Å². The van der Waals surface area contributed by atoms with E-state index < -0.39 is 0 Å². The van der Waals surface area contributed by atoms with Crippen molar-refractivity contribution in [2.75, 3.05) is 26.3 Å². The SMILES string of the molecule is CCc1cc2c(=O)c(-c3nc4ccccc4s3)c(CC)oc2c(CN2CCOCC2)c1O. The number of ether oxygens (including phenoxy) is 1. The van der Waals surface area contributed by atoms with Crippen LogP contribution in [0.2, 0.25) is 0 Å². The van der Waals surface area contributed by atoms with Gasteiger partial charge in [-0.2, -0.15) is 0 Å². The minimum absolute atomic E-state index is 0.0833. The average Bonchev–Trinajstić information content (AvgIpc) is 3.25. The monoisotopic (exact) mass is 450 g/mol. The molecule has 4 aromatic rings. The number of fused-ring (bicyclic) bond motifs is 2. The van der Waals surface area contributed by atoms with Crippen LogP contribution in [-0.2, 0) is 24.1 Å². The van der Waals surface area contributed by atoms with Gasteiger partial charge in [0.25, 0.3) is 0 Å². The molecule has 0 atom stereocenters. The lowest BCUT2D eigenvalue weighted by atomic mass is 9.99. The van der Waals surface area contributed by atoms with Crippen LogP contribution in [0.4, 0.5) is 0 Å². The van der Waals surface area contributed by atoms with Crippen LogP contribution in [0.5, 0.6) is 5.75 Å². The van der Waals surface area contributed by atoms with E-state index in [-0.39, 0.29) is 11.2 Å². The van der Waals surface area contributed by atoms with Crippen molar-refractivity contribution in [3.05, 3.63) is 57.4 Å². The Morgan fingerprint density at radius 1 is 1.16 bits per heavy atom. The maximum absolute atomic E-state index is 13.8. The lowest BCUT2D eigenvalue weighted by molar-refractivity contribution is 0.0339. The molecule has 1 aliphatic heterocycles. The van der Waals surface area contributed by atoms with E-state index in [2.05, 4.69) is 4.90 Å². The number of aromatic nitrogens is 1. The highest BCUT2D eigenvalue weighted by Crippen LogP contribution is 2.36. The van der Waals surface area contributed by atoms with Crippen LogP contribution in [0.3, 0.4) is 0 Å². The summed E-state index contributed by atoms with van der Waals surface area (Å²) in [5.41, 5.74) is 3.25. The summed E-state index contributed by atoms with van der Waals surface area (Å²) in [6.07, 6.45) is 1.19. The Balaban J connectivity index is 1.74. The first kappa shape index (κ1) is 21.1. The van der Waals surface area contributed by atoms with Gasteiger partial charge < -0.3 is 14.3 Å². The molecular formula is C25H26N2O4S. The summed E-state index contributed by atoms with van der Waals surface area (Å²) in [5, 5.41) is 12.2. The smallest absolute Gasteiger partial charge is 0.203 e. The van der Waals surface area contributed by atoms with Crippen molar-refractivity contribution in [2.45, 2.75) is 33.2 Å². The lowest BCUT2D eigenvalue weighted by Crippen LogP contribution is -2.35. The number of para-hydroxylation sites is 1. The van der Waals surface area contributed by atoms with Crippen LogP contribution >= 0.6 is 11.3 Å². The topological polar surface area (TPSA) is 75.8 Å². The number of benzene rings is 2. The van der Waals surface area contributed by atoms with E-state index in [1.54, 1.807) is 6.07 Å². The number of hydrogen-bond donors (Lipinski definition) is 1. The van der Waals surface area contributed by atoms with Crippen LogP contribution in [0.1, 0.15) is 30.7 Å². The molecule has 0 spiro atoms. The van der Waals surface area contributed by atoms with Gasteiger partial charge in [-0.15, -0.1) is 11.3 Å². The molecule has 32 heavy (non-hydrogen) atoms. The Kier molecular flexibility index (Phi) is 5.71. The zero-order valence-corrected chi connectivity index (χ0v) is 19.1. The first-order valence-corrected chi connectivity index (χ1v) is 11.9. The number of aryl methyl sites for hydroxylation is 2. The van der Waals surface area contributed by atoms with Gasteiger partial charge in [-0.25, -0.2) is 4.98 Å². The van der Waals surface area contributed by atoms with Gasteiger partial charge in [-0.1, -0.05) is 26.0 Å². The molecule has 0 radical (unpaired) electrons. The van der Waals surface area contributed by atoms with E-state index in [1.165, 1.54) is 11.3 Å². The summed E-state index contributed by atoms with van der Waals surface area (Å²) in [7, 11) is 0. The van der Waals surface area contributed by atoms with E-state index in [4.69, 9.17) is 14.1 Å². The van der Waals surface area contributed by atoms with E-state index in [9.17, 15) is 9.90 Å². The summed E-state index contributed by atoms with van der Waals surface area (Å²) < 4.78 is 12.9. The summed E-state index contributed by atoms with van der Waals surface area (Å²) >= 11 is 1.51. The Bertz CT molecular complexity index is 1320. The Labute approximate surface area is 190 Å². The molecule has 166 valence electrons. The van der Waals surface area contributed by atoms with Gasteiger partial charge in [-0.05, 0) is 30.2 Å². The number of nitrogens with zero attached hydrogens (tertiary/aromatic N) is 2. The van der Waals surface area contributed by atoms with Gasteiger partial charge in [0.1, 0.15) is 22.1 Å². The number of hydrogen-bond acceptors (Lipinski definition) is 7. The quantitative estimate of drug-likeness (QED) is 0.474. The second-order valence-corrected chi connectivity index (χ2v) is 9.08. The van der Waals surface area contributed by atoms with Crippen molar-refractivity contribution in [2.24, 2.45) is 0 Å². The molecule has 1 saturated heterocycles. The molecule has 1 N–H and O–H groups in total. The summed E-state index contributed by atoms with van der Waals surface area (Å²) in [4.78, 5) is 20.7. The normalized spacial score (nSPS) is 15.1. The van der Waals surface area contributed by atoms with Crippen molar-refractivity contribution in [1.29, 1.82) is 0 Å². The van der Waals surface area contributed by atoms with Crippen molar-refractivity contribution < 1.29 is 14.3 Å². The summed E-state index contributed by atoms with van der Waals surface area (Å²) in [6.45, 7) is 7.37. The molecule has 6 nitrogen and oxygen atoms in total. The number of rotatable bonds is 5. The van der Waals surface area contributed by atoms with Crippen LogP contribution in [0.15, 0.2) is 39.5 Å². The third kappa shape index (κ3) is 3.60. The maximum Gasteiger partial charge on any atom is 0.203 e. The van der Waals surface area contributed by atoms with Crippen LogP contribution in [-0.4, -0.2) is 41.3 Å². The molecular weight excluding hydrogens is 424 g/mol. The highest BCUT2D eigenvalue weighted by atomic mass is 32.1. The van der Waals surface area contributed by atoms with Crippen molar-refractivity contribution in [1.82, 2.24) is 9.88 Å². The second-order valence-electron chi connectivity index (χ2n) is 8.05. The fourth-order valence-corrected chi connectivity index (χ4v) is 5.36. The Hall–Kier alpha value is -2.74. The zero-order chi connectivity index (χ0) is 22.2. The van der Waals surface area contributed by atoms with Crippen molar-refractivity contribution in [3.63, 3.8) is 0 Å². The number of morpholine rings is 1. The van der Waals surface area contributed by atoms with Crippen molar-refractivity contribution >= 4 is 32.5 Å². The first-order valence-electron chi connectivity index (χ1n) is 11.1. The van der Waals surface area contributed by atoms with Crippen molar-refractivity contribution in [3.8, 4) is 16.3 Å². The van der Waals surface area contributed by atoms with Crippen LogP contribution in [0.25, 0.3) is 31.8 Å². The molecule has 2 aromatic carbocycles. The van der Waals surface area contributed by atoms with Gasteiger partial charge in [0.2, 0.25) is 5.43 Å². The number of phenolic OH excluding ortho intramolecular Hbond substituents is 1. The molecule has 3 heterocycles. The Morgan fingerprint density at radius 2 is 1.94 bits per heavy atom. The molecule has 2 aromatic heterocycles. The number of aromatic hydroxyl groups is 1. The molecule has 1 fully saturated rings. The molecule has 0 saturated carbocycles. The van der Waals surface area contributed by atoms with Crippen LogP contribution < -0.4 is 5.43 Å². The third-order valence-electron chi connectivity index (χ3n) is 6.10. The molecule has 0 amide bonds. The van der Waals surface area contributed by atoms with Gasteiger partial charge in [0.05, 0.1) is 39.9 Å². The predicted octanol–water partition coefficient (Wildman–Crippen LogP) is 4.73. The average molecular weight is 451 g/mol. The standard InChI is InChI=1S/C25H26N2O4S/c1-3-15-13-16-23(29)21(25-26-18-7-5-6-8-20(18)32-25)19(4-2)31-24(16)17(22(15)28)14-27-9-11-30-12-10-27/h5-8,13,28H,3-4,9-12,14H2,1-2H3. The van der Waals surface area contributed by atoms with E-state index >= 15 is 0 Å². The summed E-state index contributed by atoms with van der Waals surface area (Å²) in [5.74, 6) is 0.831. The highest BCUT2D eigenvalue weighted by molar-refractivity contribution is 7.21. The number of thiazole rings is 1. The zero-order valence-electron chi connectivity index (χ0n) is 18.3. The lowest BCUT2D eigenvalue weighted by Gasteiger charge is -2.27. The molecule has 5 rings (SSSR count). The number of phenols is 1. The Morgan fingerprint density at radius 3 is 2.66 bits per heavy atom. The fourth-order valence-electron chi connectivity index (χ4n) is 4.34. The molecule has 7 heteroatoms. The minimum atomic E-state index is -0.0833. The van der Waals surface area contributed by atoms with Gasteiger partial charge in [0, 0.05) is 26.1 Å². The minimum Gasteiger partial charge on any atom is -0.507 e. The molecule has 0 bridgehead atoms. The fraction of sp³-hybridized carbons (Fsp3) is 0.360. The third-order valence-corrected chi connectivity index (χ3v) is 7.15. The van der Waals surface area contributed by atoms with E-state index in [0.717, 1.165) is 28.9 Å². The molecule has 0 aliphatic carbocycles. The largest absolute Gasteiger partial charge is 0.507 e. The van der Waals surface area contributed by atoms with Crippen LogP contribution in [0, 0.1) is 0 Å². The second kappa shape index (κ2) is 8.65. The predicted molar refractivity (Wildman–Crippen MR) is 128 cm³/mol. The summed E-state index contributed by atoms with van der Waals surface area (Å²) in [6, 6.07) is 9.68. The highest BCUT2D eigenvalue weighted by Gasteiger charge is 2.24. The van der Waals surface area contributed by atoms with E-state index in [1.807, 2.05) is 38.1 Å². The van der Waals surface area contributed by atoms with Gasteiger partial charge in [0.15, 0.2) is 0 Å². The first-order chi connectivity index (χ1) is 15.6. The van der Waals surface area contributed by atoms with E-state index in [0.29, 0.717) is 65.5 Å². The molecule has 1 aliphatic rings. The van der Waals surface area contributed by atoms with Gasteiger partial charge in [-0.3, -0.25) is 9.69 Å².